The standard InChI is InChI=1S/C24H29N3O8S/c1-24(2,3)23(31)35-17-12-10-16(11-13-17)27(36(32)33)19-9-7-6-8-18(19)22(30)25-14-21(29)34-15-20(28)26(4)5/h6-13H,14-15H2,1-5H3,(H,25,30)(H,32,33). The second-order valence-electron chi connectivity index (χ2n) is 8.81. The molecule has 2 rings (SSSR count). The van der Waals surface area contributed by atoms with Gasteiger partial charge in [-0.05, 0) is 57.2 Å². The normalized spacial score (nSPS) is 11.7. The van der Waals surface area contributed by atoms with E-state index in [1.54, 1.807) is 32.9 Å². The molecule has 0 heterocycles. The SMILES string of the molecule is CN(C)C(=O)COC(=O)CNC(=O)c1ccccc1N(c1ccc(OC(=O)C(C)(C)C)cc1)S(=O)O. The van der Waals surface area contributed by atoms with Crippen LogP contribution in [-0.2, 0) is 30.4 Å². The third kappa shape index (κ3) is 7.89. The highest BCUT2D eigenvalue weighted by molar-refractivity contribution is 7.81. The number of nitrogens with zero attached hydrogens (tertiary/aromatic N) is 2. The third-order valence-electron chi connectivity index (χ3n) is 4.67. The van der Waals surface area contributed by atoms with Crippen molar-refractivity contribution in [3.8, 4) is 5.75 Å². The van der Waals surface area contributed by atoms with Gasteiger partial charge in [0, 0.05) is 14.1 Å². The number of esters is 2. The minimum absolute atomic E-state index is 0.0142. The zero-order chi connectivity index (χ0) is 27.0. The number of carbonyl (C=O) groups is 4. The van der Waals surface area contributed by atoms with Crippen molar-refractivity contribution >= 4 is 46.4 Å². The first-order valence-corrected chi connectivity index (χ1v) is 11.8. The lowest BCUT2D eigenvalue weighted by Gasteiger charge is -2.23. The summed E-state index contributed by atoms with van der Waals surface area (Å²) in [5.41, 5.74) is -0.363. The number of carbonyl (C=O) groups excluding carboxylic acids is 4. The molecular weight excluding hydrogens is 490 g/mol. The summed E-state index contributed by atoms with van der Waals surface area (Å²) in [6, 6.07) is 11.9. The van der Waals surface area contributed by atoms with Crippen molar-refractivity contribution in [2.24, 2.45) is 5.41 Å². The van der Waals surface area contributed by atoms with Crippen molar-refractivity contribution in [3.63, 3.8) is 0 Å². The molecule has 0 aliphatic carbocycles. The molecule has 2 aromatic rings. The Morgan fingerprint density at radius 3 is 2.17 bits per heavy atom. The lowest BCUT2D eigenvalue weighted by molar-refractivity contribution is -0.150. The molecule has 0 spiro atoms. The van der Waals surface area contributed by atoms with Gasteiger partial charge in [-0.25, -0.2) is 8.51 Å². The minimum Gasteiger partial charge on any atom is -0.454 e. The summed E-state index contributed by atoms with van der Waals surface area (Å²) in [5, 5.41) is 2.38. The van der Waals surface area contributed by atoms with E-state index in [1.807, 2.05) is 0 Å². The molecule has 0 radical (unpaired) electrons. The molecule has 1 unspecified atom stereocenters. The molecule has 0 aliphatic heterocycles. The summed E-state index contributed by atoms with van der Waals surface area (Å²) in [7, 11) is 3.02. The van der Waals surface area contributed by atoms with Gasteiger partial charge in [0.1, 0.15) is 12.3 Å². The number of hydrogen-bond acceptors (Lipinski definition) is 7. The first-order valence-electron chi connectivity index (χ1n) is 10.8. The lowest BCUT2D eigenvalue weighted by atomic mass is 9.97. The highest BCUT2D eigenvalue weighted by atomic mass is 32.2. The van der Waals surface area contributed by atoms with Crippen molar-refractivity contribution in [1.82, 2.24) is 10.2 Å². The van der Waals surface area contributed by atoms with Crippen molar-refractivity contribution in [1.29, 1.82) is 0 Å². The van der Waals surface area contributed by atoms with Crippen LogP contribution < -0.4 is 14.4 Å². The molecule has 0 aromatic heterocycles. The second-order valence-corrected chi connectivity index (χ2v) is 9.63. The summed E-state index contributed by atoms with van der Waals surface area (Å²) in [6.07, 6.45) is 0. The summed E-state index contributed by atoms with van der Waals surface area (Å²) >= 11 is -2.58. The van der Waals surface area contributed by atoms with Crippen LogP contribution in [0.25, 0.3) is 0 Å². The Balaban J connectivity index is 2.19. The predicted octanol–water partition coefficient (Wildman–Crippen LogP) is 2.27. The van der Waals surface area contributed by atoms with Crippen LogP contribution in [0.4, 0.5) is 11.4 Å². The van der Waals surface area contributed by atoms with Crippen LogP contribution in [0.2, 0.25) is 0 Å². The van der Waals surface area contributed by atoms with Gasteiger partial charge in [0.25, 0.3) is 23.1 Å². The van der Waals surface area contributed by atoms with Crippen LogP contribution in [0.15, 0.2) is 48.5 Å². The van der Waals surface area contributed by atoms with E-state index in [0.29, 0.717) is 0 Å². The lowest BCUT2D eigenvalue weighted by Crippen LogP contribution is -2.34. The quantitative estimate of drug-likeness (QED) is 0.292. The number of hydrogen-bond donors (Lipinski definition) is 2. The zero-order valence-corrected chi connectivity index (χ0v) is 21.5. The maximum Gasteiger partial charge on any atom is 0.325 e. The first kappa shape index (κ1) is 28.5. The van der Waals surface area contributed by atoms with Crippen LogP contribution in [0.3, 0.4) is 0 Å². The largest absolute Gasteiger partial charge is 0.454 e. The molecule has 194 valence electrons. The molecule has 0 saturated carbocycles. The number of anilines is 2. The summed E-state index contributed by atoms with van der Waals surface area (Å²) in [6.45, 7) is 4.17. The average molecular weight is 520 g/mol. The van der Waals surface area contributed by atoms with Crippen molar-refractivity contribution in [2.45, 2.75) is 20.8 Å². The van der Waals surface area contributed by atoms with E-state index in [-0.39, 0.29) is 22.7 Å². The van der Waals surface area contributed by atoms with Crippen LogP contribution >= 0.6 is 0 Å². The van der Waals surface area contributed by atoms with E-state index >= 15 is 0 Å². The fourth-order valence-electron chi connectivity index (χ4n) is 2.64. The molecule has 12 heteroatoms. The maximum absolute atomic E-state index is 12.8. The first-order chi connectivity index (χ1) is 16.8. The molecule has 2 amide bonds. The van der Waals surface area contributed by atoms with Gasteiger partial charge in [0.05, 0.1) is 22.4 Å². The van der Waals surface area contributed by atoms with E-state index in [2.05, 4.69) is 5.32 Å². The third-order valence-corrected chi connectivity index (χ3v) is 5.39. The van der Waals surface area contributed by atoms with Crippen molar-refractivity contribution in [2.75, 3.05) is 31.6 Å². The smallest absolute Gasteiger partial charge is 0.325 e. The number of likely N-dealkylation sites (N-methyl/N-ethyl adjacent to an activating group) is 1. The molecule has 11 nitrogen and oxygen atoms in total. The maximum atomic E-state index is 12.8. The topological polar surface area (TPSA) is 143 Å². The Morgan fingerprint density at radius 2 is 1.61 bits per heavy atom. The monoisotopic (exact) mass is 519 g/mol. The number of nitrogens with one attached hydrogen (secondary N) is 1. The molecule has 0 saturated heterocycles. The molecule has 0 fully saturated rings. The Kier molecular flexibility index (Phi) is 9.70. The number of amides is 2. The average Bonchev–Trinajstić information content (AvgIpc) is 2.81. The summed E-state index contributed by atoms with van der Waals surface area (Å²) < 4.78 is 33.4. The molecule has 2 N–H and O–H groups in total. The number of ether oxygens (including phenoxy) is 2. The predicted molar refractivity (Wildman–Crippen MR) is 133 cm³/mol. The highest BCUT2D eigenvalue weighted by Crippen LogP contribution is 2.31. The zero-order valence-electron chi connectivity index (χ0n) is 20.6. The van der Waals surface area contributed by atoms with E-state index in [0.717, 1.165) is 4.31 Å². The van der Waals surface area contributed by atoms with Gasteiger partial charge >= 0.3 is 11.9 Å². The Bertz CT molecular complexity index is 1140. The van der Waals surface area contributed by atoms with E-state index in [4.69, 9.17) is 9.47 Å². The van der Waals surface area contributed by atoms with Crippen LogP contribution in [0, 0.1) is 5.41 Å². The minimum atomic E-state index is -2.58. The number of para-hydroxylation sites is 1. The second kappa shape index (κ2) is 12.3. The summed E-state index contributed by atoms with van der Waals surface area (Å²) in [5.74, 6) is -2.13. The Labute approximate surface area is 211 Å². The molecule has 0 bridgehead atoms. The molecule has 1 atom stereocenters. The fourth-order valence-corrected chi connectivity index (χ4v) is 3.27. The van der Waals surface area contributed by atoms with Crippen LogP contribution in [-0.4, -0.2) is 64.7 Å². The number of rotatable bonds is 9. The highest BCUT2D eigenvalue weighted by Gasteiger charge is 2.25. The Morgan fingerprint density at radius 1 is 1.00 bits per heavy atom. The van der Waals surface area contributed by atoms with Crippen LogP contribution in [0.1, 0.15) is 31.1 Å². The van der Waals surface area contributed by atoms with Gasteiger partial charge in [-0.1, -0.05) is 12.1 Å². The van der Waals surface area contributed by atoms with Gasteiger partial charge < -0.3 is 19.7 Å². The molecule has 0 aliphatic rings. The van der Waals surface area contributed by atoms with Crippen molar-refractivity contribution in [3.05, 3.63) is 54.1 Å². The number of benzene rings is 2. The van der Waals surface area contributed by atoms with Crippen LogP contribution in [0.5, 0.6) is 5.75 Å². The van der Waals surface area contributed by atoms with Gasteiger partial charge in [-0.15, -0.1) is 0 Å². The summed E-state index contributed by atoms with van der Waals surface area (Å²) in [4.78, 5) is 49.5. The molecular formula is C24H29N3O8S. The van der Waals surface area contributed by atoms with Gasteiger partial charge in [-0.3, -0.25) is 23.7 Å². The van der Waals surface area contributed by atoms with E-state index in [1.165, 1.54) is 55.4 Å². The van der Waals surface area contributed by atoms with Gasteiger partial charge in [0.2, 0.25) is 0 Å². The fraction of sp³-hybridized carbons (Fsp3) is 0.333. The molecule has 2 aromatic carbocycles. The van der Waals surface area contributed by atoms with E-state index in [9.17, 15) is 27.9 Å². The van der Waals surface area contributed by atoms with Gasteiger partial charge in [-0.2, -0.15) is 0 Å². The molecule has 36 heavy (non-hydrogen) atoms. The van der Waals surface area contributed by atoms with E-state index < -0.39 is 53.6 Å². The van der Waals surface area contributed by atoms with Crippen molar-refractivity contribution < 1.29 is 37.4 Å². The van der Waals surface area contributed by atoms with Gasteiger partial charge in [0.15, 0.2) is 6.61 Å². The Hall–Kier alpha value is -3.77.